The summed E-state index contributed by atoms with van der Waals surface area (Å²) in [7, 11) is 0. The minimum absolute atomic E-state index is 0.00421. The molecule has 0 radical (unpaired) electrons. The average Bonchev–Trinajstić information content (AvgIpc) is 2.83. The van der Waals surface area contributed by atoms with E-state index in [1.807, 2.05) is 35.2 Å². The van der Waals surface area contributed by atoms with Crippen LogP contribution in [-0.4, -0.2) is 57.3 Å². The molecule has 0 spiro atoms. The van der Waals surface area contributed by atoms with Gasteiger partial charge in [0.25, 0.3) is 5.91 Å². The van der Waals surface area contributed by atoms with Crippen LogP contribution in [-0.2, 0) is 11.2 Å². The molecule has 1 atom stereocenters. The number of aromatic nitrogens is 2. The molecule has 0 N–H and O–H groups in total. The Kier molecular flexibility index (Phi) is 6.36. The molecular formula is C25H26N4O2. The summed E-state index contributed by atoms with van der Waals surface area (Å²) < 4.78 is 0. The lowest BCUT2D eigenvalue weighted by Gasteiger charge is -2.40. The quantitative estimate of drug-likeness (QED) is 0.620. The molecule has 1 aromatic heterocycles. The second-order valence-corrected chi connectivity index (χ2v) is 7.70. The third kappa shape index (κ3) is 4.63. The maximum atomic E-state index is 13.3. The van der Waals surface area contributed by atoms with Crippen molar-refractivity contribution in [3.63, 3.8) is 0 Å². The lowest BCUT2D eigenvalue weighted by atomic mass is 9.97. The second kappa shape index (κ2) is 9.51. The van der Waals surface area contributed by atoms with Crippen molar-refractivity contribution in [2.75, 3.05) is 19.6 Å². The first kappa shape index (κ1) is 20.7. The zero-order valence-electron chi connectivity index (χ0n) is 17.6. The van der Waals surface area contributed by atoms with E-state index in [9.17, 15) is 9.59 Å². The second-order valence-electron chi connectivity index (χ2n) is 7.70. The molecule has 1 fully saturated rings. The molecule has 3 aromatic rings. The van der Waals surface area contributed by atoms with Crippen molar-refractivity contribution in [2.24, 2.45) is 0 Å². The van der Waals surface area contributed by atoms with Crippen molar-refractivity contribution < 1.29 is 9.59 Å². The number of benzene rings is 2. The van der Waals surface area contributed by atoms with Gasteiger partial charge in [0.05, 0.1) is 6.20 Å². The van der Waals surface area contributed by atoms with Crippen LogP contribution in [0.3, 0.4) is 0 Å². The van der Waals surface area contributed by atoms with Crippen LogP contribution in [0.25, 0.3) is 11.1 Å². The van der Waals surface area contributed by atoms with Gasteiger partial charge < -0.3 is 9.80 Å². The van der Waals surface area contributed by atoms with Crippen LogP contribution in [0, 0.1) is 0 Å². The predicted octanol–water partition coefficient (Wildman–Crippen LogP) is 3.45. The molecule has 6 heteroatoms. The Hall–Kier alpha value is -3.54. The zero-order chi connectivity index (χ0) is 21.6. The fourth-order valence-electron chi connectivity index (χ4n) is 4.06. The van der Waals surface area contributed by atoms with Gasteiger partial charge in [0, 0.05) is 38.4 Å². The Morgan fingerprint density at radius 2 is 1.84 bits per heavy atom. The van der Waals surface area contributed by atoms with Gasteiger partial charge in [0.2, 0.25) is 5.91 Å². The first-order valence-corrected chi connectivity index (χ1v) is 10.7. The first-order valence-electron chi connectivity index (χ1n) is 10.7. The minimum Gasteiger partial charge on any atom is -0.339 e. The number of rotatable bonds is 6. The summed E-state index contributed by atoms with van der Waals surface area (Å²) in [6.07, 6.45) is 5.85. The van der Waals surface area contributed by atoms with Crippen molar-refractivity contribution in [2.45, 2.75) is 25.8 Å². The fraction of sp³-hybridized carbons (Fsp3) is 0.280. The van der Waals surface area contributed by atoms with E-state index in [2.05, 4.69) is 41.2 Å². The summed E-state index contributed by atoms with van der Waals surface area (Å²) in [5, 5.41) is 0. The summed E-state index contributed by atoms with van der Waals surface area (Å²) in [6.45, 7) is 3.79. The lowest BCUT2D eigenvalue weighted by Crippen LogP contribution is -2.59. The largest absolute Gasteiger partial charge is 0.339 e. The molecule has 1 unspecified atom stereocenters. The molecule has 2 heterocycles. The molecule has 31 heavy (non-hydrogen) atoms. The highest BCUT2D eigenvalue weighted by Gasteiger charge is 2.37. The third-order valence-electron chi connectivity index (χ3n) is 5.58. The van der Waals surface area contributed by atoms with Crippen LogP contribution >= 0.6 is 0 Å². The van der Waals surface area contributed by atoms with E-state index in [1.54, 1.807) is 4.90 Å². The molecule has 0 bridgehead atoms. The number of hydrogen-bond donors (Lipinski definition) is 0. The Morgan fingerprint density at radius 1 is 1.03 bits per heavy atom. The van der Waals surface area contributed by atoms with Crippen LogP contribution in [0.4, 0.5) is 0 Å². The van der Waals surface area contributed by atoms with Crippen molar-refractivity contribution in [3.8, 4) is 11.1 Å². The molecule has 6 nitrogen and oxygen atoms in total. The van der Waals surface area contributed by atoms with E-state index in [0.717, 1.165) is 23.1 Å². The third-order valence-corrected chi connectivity index (χ3v) is 5.58. The molecular weight excluding hydrogens is 388 g/mol. The molecule has 1 aliphatic rings. The van der Waals surface area contributed by atoms with Crippen molar-refractivity contribution in [1.29, 1.82) is 0 Å². The van der Waals surface area contributed by atoms with Gasteiger partial charge in [-0.15, -0.1) is 0 Å². The standard InChI is InChI=1S/C25H26N4O2/c1-2-13-28-14-15-29(24(30)22-18-26-11-12-27-22)23(25(28)31)17-19-7-6-10-21(16-19)20-8-4-3-5-9-20/h3-12,16,18,23H,2,13-15,17H2,1H3. The normalized spacial score (nSPS) is 16.4. The van der Waals surface area contributed by atoms with Gasteiger partial charge in [-0.2, -0.15) is 0 Å². The maximum absolute atomic E-state index is 13.3. The Labute approximate surface area is 182 Å². The highest BCUT2D eigenvalue weighted by Crippen LogP contribution is 2.23. The molecule has 4 rings (SSSR count). The maximum Gasteiger partial charge on any atom is 0.274 e. The monoisotopic (exact) mass is 414 g/mol. The van der Waals surface area contributed by atoms with E-state index in [-0.39, 0.29) is 17.5 Å². The van der Waals surface area contributed by atoms with Gasteiger partial charge in [-0.05, 0) is 23.1 Å². The fourth-order valence-corrected chi connectivity index (χ4v) is 4.06. The van der Waals surface area contributed by atoms with Crippen molar-refractivity contribution in [3.05, 3.63) is 84.4 Å². The SMILES string of the molecule is CCCN1CCN(C(=O)c2cnccn2)C(Cc2cccc(-c3ccccc3)c2)C1=O. The summed E-state index contributed by atoms with van der Waals surface area (Å²) in [5.41, 5.74) is 3.51. The smallest absolute Gasteiger partial charge is 0.274 e. The van der Waals surface area contributed by atoms with Crippen LogP contribution in [0.2, 0.25) is 0 Å². The van der Waals surface area contributed by atoms with Gasteiger partial charge in [-0.1, -0.05) is 61.5 Å². The number of hydrogen-bond acceptors (Lipinski definition) is 4. The number of carbonyl (C=O) groups is 2. The number of nitrogens with zero attached hydrogens (tertiary/aromatic N) is 4. The average molecular weight is 415 g/mol. The molecule has 1 aliphatic heterocycles. The summed E-state index contributed by atoms with van der Waals surface area (Å²) >= 11 is 0. The van der Waals surface area contributed by atoms with Crippen LogP contribution in [0.15, 0.2) is 73.2 Å². The number of amides is 2. The molecule has 0 aliphatic carbocycles. The molecule has 2 aromatic carbocycles. The Bertz CT molecular complexity index is 1040. The summed E-state index contributed by atoms with van der Waals surface area (Å²) in [4.78, 5) is 38.2. The molecule has 0 saturated carbocycles. The van der Waals surface area contributed by atoms with Crippen molar-refractivity contribution >= 4 is 11.8 Å². The van der Waals surface area contributed by atoms with Gasteiger partial charge >= 0.3 is 0 Å². The molecule has 158 valence electrons. The van der Waals surface area contributed by atoms with E-state index < -0.39 is 6.04 Å². The molecule has 1 saturated heterocycles. The van der Waals surface area contributed by atoms with E-state index in [4.69, 9.17) is 0 Å². The van der Waals surface area contributed by atoms with Gasteiger partial charge in [-0.3, -0.25) is 14.6 Å². The predicted molar refractivity (Wildman–Crippen MR) is 119 cm³/mol. The summed E-state index contributed by atoms with van der Waals surface area (Å²) in [6, 6.07) is 17.8. The Morgan fingerprint density at radius 3 is 2.58 bits per heavy atom. The number of piperazine rings is 1. The Balaban J connectivity index is 1.63. The molecule has 2 amide bonds. The van der Waals surface area contributed by atoms with Crippen LogP contribution < -0.4 is 0 Å². The minimum atomic E-state index is -0.555. The van der Waals surface area contributed by atoms with Crippen LogP contribution in [0.5, 0.6) is 0 Å². The van der Waals surface area contributed by atoms with E-state index >= 15 is 0 Å². The number of carbonyl (C=O) groups excluding carboxylic acids is 2. The summed E-state index contributed by atoms with van der Waals surface area (Å²) in [5.74, 6) is -0.253. The van der Waals surface area contributed by atoms with Gasteiger partial charge in [-0.25, -0.2) is 4.98 Å². The van der Waals surface area contributed by atoms with Gasteiger partial charge in [0.15, 0.2) is 0 Å². The first-order chi connectivity index (χ1) is 15.2. The zero-order valence-corrected chi connectivity index (χ0v) is 17.6. The van der Waals surface area contributed by atoms with Crippen LogP contribution in [0.1, 0.15) is 29.4 Å². The van der Waals surface area contributed by atoms with E-state index in [0.29, 0.717) is 26.1 Å². The van der Waals surface area contributed by atoms with E-state index in [1.165, 1.54) is 18.6 Å². The highest BCUT2D eigenvalue weighted by atomic mass is 16.2. The van der Waals surface area contributed by atoms with Crippen molar-refractivity contribution in [1.82, 2.24) is 19.8 Å². The topological polar surface area (TPSA) is 66.4 Å². The highest BCUT2D eigenvalue weighted by molar-refractivity contribution is 5.96. The lowest BCUT2D eigenvalue weighted by molar-refractivity contribution is -0.140. The van der Waals surface area contributed by atoms with Gasteiger partial charge in [0.1, 0.15) is 11.7 Å².